The summed E-state index contributed by atoms with van der Waals surface area (Å²) in [6.45, 7) is 2.14. The zero-order chi connectivity index (χ0) is 21.3. The van der Waals surface area contributed by atoms with E-state index in [1.165, 1.54) is 6.20 Å². The topological polar surface area (TPSA) is 86.8 Å². The fraction of sp³-hybridized carbons (Fsp3) is 0.174. The SMILES string of the molecule is CCOc1ncccc1C(=O)O[C@@H](C(=O)Nc1ccc(OC)cc1)c1ccccc1. The molecule has 7 heteroatoms. The normalized spacial score (nSPS) is 11.3. The Kier molecular flexibility index (Phi) is 7.00. The largest absolute Gasteiger partial charge is 0.497 e. The first-order valence-electron chi connectivity index (χ1n) is 9.41. The summed E-state index contributed by atoms with van der Waals surface area (Å²) in [6.07, 6.45) is 0.364. The standard InChI is InChI=1S/C23H22N2O5/c1-3-29-22-19(10-7-15-24-22)23(27)30-20(16-8-5-4-6-9-16)21(26)25-17-11-13-18(28-2)14-12-17/h4-15,20H,3H2,1-2H3,(H,25,26)/t20-/m1/s1. The molecule has 0 aliphatic rings. The van der Waals surface area contributed by atoms with E-state index in [2.05, 4.69) is 10.3 Å². The van der Waals surface area contributed by atoms with Crippen LogP contribution in [-0.4, -0.2) is 30.6 Å². The van der Waals surface area contributed by atoms with Gasteiger partial charge >= 0.3 is 5.97 Å². The second-order valence-electron chi connectivity index (χ2n) is 6.20. The van der Waals surface area contributed by atoms with E-state index in [-0.39, 0.29) is 11.4 Å². The van der Waals surface area contributed by atoms with Crippen LogP contribution in [-0.2, 0) is 9.53 Å². The lowest BCUT2D eigenvalue weighted by atomic mass is 10.1. The number of carbonyl (C=O) groups is 2. The van der Waals surface area contributed by atoms with Crippen molar-refractivity contribution in [3.8, 4) is 11.6 Å². The Morgan fingerprint density at radius 1 is 1.00 bits per heavy atom. The smallest absolute Gasteiger partial charge is 0.344 e. The van der Waals surface area contributed by atoms with Crippen molar-refractivity contribution in [1.82, 2.24) is 4.98 Å². The lowest BCUT2D eigenvalue weighted by molar-refractivity contribution is -0.125. The molecule has 0 bridgehead atoms. The second-order valence-corrected chi connectivity index (χ2v) is 6.20. The van der Waals surface area contributed by atoms with Gasteiger partial charge in [-0.15, -0.1) is 0 Å². The molecule has 1 amide bonds. The Balaban J connectivity index is 1.84. The molecule has 0 aliphatic carbocycles. The van der Waals surface area contributed by atoms with Crippen LogP contribution in [0.4, 0.5) is 5.69 Å². The zero-order valence-corrected chi connectivity index (χ0v) is 16.7. The molecule has 0 unspecified atom stereocenters. The van der Waals surface area contributed by atoms with Crippen molar-refractivity contribution in [2.24, 2.45) is 0 Å². The monoisotopic (exact) mass is 406 g/mol. The number of pyridine rings is 1. The van der Waals surface area contributed by atoms with Gasteiger partial charge in [0.15, 0.2) is 0 Å². The van der Waals surface area contributed by atoms with Gasteiger partial charge in [0, 0.05) is 17.4 Å². The Hall–Kier alpha value is -3.87. The van der Waals surface area contributed by atoms with Gasteiger partial charge in [-0.05, 0) is 43.3 Å². The fourth-order valence-electron chi connectivity index (χ4n) is 2.75. The van der Waals surface area contributed by atoms with Crippen molar-refractivity contribution in [1.29, 1.82) is 0 Å². The Morgan fingerprint density at radius 2 is 1.73 bits per heavy atom. The number of nitrogens with one attached hydrogen (secondary N) is 1. The highest BCUT2D eigenvalue weighted by Gasteiger charge is 2.27. The van der Waals surface area contributed by atoms with E-state index in [0.717, 1.165) is 0 Å². The molecule has 1 N–H and O–H groups in total. The minimum Gasteiger partial charge on any atom is -0.497 e. The van der Waals surface area contributed by atoms with Crippen molar-refractivity contribution in [2.45, 2.75) is 13.0 Å². The number of amides is 1. The number of hydrogen-bond donors (Lipinski definition) is 1. The van der Waals surface area contributed by atoms with E-state index >= 15 is 0 Å². The third-order valence-corrected chi connectivity index (χ3v) is 4.20. The minimum absolute atomic E-state index is 0.150. The molecular weight excluding hydrogens is 384 g/mol. The Bertz CT molecular complexity index is 990. The number of hydrogen-bond acceptors (Lipinski definition) is 6. The molecule has 0 aliphatic heterocycles. The Labute approximate surface area is 174 Å². The maximum atomic E-state index is 13.0. The number of esters is 1. The number of nitrogens with zero attached hydrogens (tertiary/aromatic N) is 1. The molecule has 0 fully saturated rings. The minimum atomic E-state index is -1.16. The van der Waals surface area contributed by atoms with E-state index in [0.29, 0.717) is 23.6 Å². The first kappa shape index (κ1) is 20.9. The van der Waals surface area contributed by atoms with Crippen LogP contribution in [0.1, 0.15) is 28.9 Å². The predicted molar refractivity (Wildman–Crippen MR) is 112 cm³/mol. The summed E-state index contributed by atoms with van der Waals surface area (Å²) in [4.78, 5) is 29.9. The summed E-state index contributed by atoms with van der Waals surface area (Å²) in [5.74, 6) is -0.363. The average Bonchev–Trinajstić information content (AvgIpc) is 2.79. The van der Waals surface area contributed by atoms with Crippen LogP contribution in [0.5, 0.6) is 11.6 Å². The van der Waals surface area contributed by atoms with Crippen molar-refractivity contribution in [3.05, 3.63) is 84.1 Å². The van der Waals surface area contributed by atoms with Crippen LogP contribution in [0.25, 0.3) is 0 Å². The van der Waals surface area contributed by atoms with Crippen molar-refractivity contribution in [3.63, 3.8) is 0 Å². The summed E-state index contributed by atoms with van der Waals surface area (Å²) >= 11 is 0. The number of aromatic nitrogens is 1. The highest BCUT2D eigenvalue weighted by atomic mass is 16.6. The van der Waals surface area contributed by atoms with Gasteiger partial charge < -0.3 is 19.5 Å². The quantitative estimate of drug-likeness (QED) is 0.569. The molecule has 3 aromatic rings. The highest BCUT2D eigenvalue weighted by molar-refractivity contribution is 5.98. The molecule has 7 nitrogen and oxygen atoms in total. The van der Waals surface area contributed by atoms with Gasteiger partial charge in [0.1, 0.15) is 11.3 Å². The molecule has 1 heterocycles. The summed E-state index contributed by atoms with van der Waals surface area (Å²) in [6, 6.07) is 18.8. The van der Waals surface area contributed by atoms with E-state index in [1.807, 2.05) is 6.07 Å². The van der Waals surface area contributed by atoms with Crippen LogP contribution in [0.3, 0.4) is 0 Å². The van der Waals surface area contributed by atoms with Gasteiger partial charge in [0.05, 0.1) is 13.7 Å². The van der Waals surface area contributed by atoms with Gasteiger partial charge in [-0.25, -0.2) is 9.78 Å². The summed E-state index contributed by atoms with van der Waals surface area (Å²) < 4.78 is 16.1. The van der Waals surface area contributed by atoms with Gasteiger partial charge in [0.25, 0.3) is 5.91 Å². The zero-order valence-electron chi connectivity index (χ0n) is 16.7. The van der Waals surface area contributed by atoms with E-state index in [9.17, 15) is 9.59 Å². The van der Waals surface area contributed by atoms with Crippen LogP contribution in [0.2, 0.25) is 0 Å². The molecule has 2 aromatic carbocycles. The maximum absolute atomic E-state index is 13.0. The number of ether oxygens (including phenoxy) is 3. The van der Waals surface area contributed by atoms with Crippen LogP contribution < -0.4 is 14.8 Å². The molecule has 0 saturated heterocycles. The molecule has 0 spiro atoms. The van der Waals surface area contributed by atoms with Gasteiger partial charge in [0.2, 0.25) is 12.0 Å². The number of methoxy groups -OCH3 is 1. The first-order chi connectivity index (χ1) is 14.6. The van der Waals surface area contributed by atoms with Crippen molar-refractivity contribution >= 4 is 17.6 Å². The number of carbonyl (C=O) groups excluding carboxylic acids is 2. The molecule has 1 atom stereocenters. The van der Waals surface area contributed by atoms with Crippen LogP contribution in [0, 0.1) is 0 Å². The summed E-state index contributed by atoms with van der Waals surface area (Å²) in [5.41, 5.74) is 1.24. The third-order valence-electron chi connectivity index (χ3n) is 4.20. The molecule has 0 radical (unpaired) electrons. The fourth-order valence-corrected chi connectivity index (χ4v) is 2.75. The van der Waals surface area contributed by atoms with E-state index < -0.39 is 18.0 Å². The third kappa shape index (κ3) is 5.14. The molecule has 3 rings (SSSR count). The van der Waals surface area contributed by atoms with Gasteiger partial charge in [-0.2, -0.15) is 0 Å². The van der Waals surface area contributed by atoms with Crippen LogP contribution >= 0.6 is 0 Å². The molecule has 1 aromatic heterocycles. The molecular formula is C23H22N2O5. The maximum Gasteiger partial charge on any atom is 0.344 e. The first-order valence-corrected chi connectivity index (χ1v) is 9.41. The van der Waals surface area contributed by atoms with Crippen molar-refractivity contribution < 1.29 is 23.8 Å². The highest BCUT2D eigenvalue weighted by Crippen LogP contribution is 2.24. The van der Waals surface area contributed by atoms with Crippen LogP contribution in [0.15, 0.2) is 72.9 Å². The van der Waals surface area contributed by atoms with E-state index in [4.69, 9.17) is 14.2 Å². The summed E-state index contributed by atoms with van der Waals surface area (Å²) in [5, 5.41) is 2.77. The lowest BCUT2D eigenvalue weighted by Crippen LogP contribution is -2.26. The summed E-state index contributed by atoms with van der Waals surface area (Å²) in [7, 11) is 1.56. The lowest BCUT2D eigenvalue weighted by Gasteiger charge is -2.19. The molecule has 0 saturated carbocycles. The Morgan fingerprint density at radius 3 is 2.40 bits per heavy atom. The number of benzene rings is 2. The number of rotatable bonds is 8. The number of anilines is 1. The van der Waals surface area contributed by atoms with E-state index in [1.54, 1.807) is 74.7 Å². The average molecular weight is 406 g/mol. The molecule has 30 heavy (non-hydrogen) atoms. The predicted octanol–water partition coefficient (Wildman–Crippen LogP) is 4.03. The molecule has 154 valence electrons. The van der Waals surface area contributed by atoms with Gasteiger partial charge in [-0.3, -0.25) is 4.79 Å². The van der Waals surface area contributed by atoms with Gasteiger partial charge in [-0.1, -0.05) is 30.3 Å². The second kappa shape index (κ2) is 10.1. The van der Waals surface area contributed by atoms with Crippen molar-refractivity contribution in [2.75, 3.05) is 19.0 Å².